The van der Waals surface area contributed by atoms with Crippen molar-refractivity contribution in [1.29, 1.82) is 0 Å². The van der Waals surface area contributed by atoms with Gasteiger partial charge in [-0.15, -0.1) is 0 Å². The summed E-state index contributed by atoms with van der Waals surface area (Å²) in [5.41, 5.74) is 14.9. The molecule has 0 spiro atoms. The Balaban J connectivity index is 0.890. The number of hydrogen-bond donors (Lipinski definition) is 0. The van der Waals surface area contributed by atoms with Crippen LogP contribution >= 0.6 is 0 Å². The first kappa shape index (κ1) is 42.2. The lowest BCUT2D eigenvalue weighted by atomic mass is 9.94. The van der Waals surface area contributed by atoms with E-state index >= 15 is 0 Å². The molecule has 3 nitrogen and oxygen atoms in total. The van der Waals surface area contributed by atoms with Gasteiger partial charge >= 0.3 is 0 Å². The number of para-hydroxylation sites is 4. The maximum absolute atomic E-state index is 2.41. The van der Waals surface area contributed by atoms with Crippen molar-refractivity contribution in [2.24, 2.45) is 0 Å². The molecule has 0 saturated carbocycles. The summed E-state index contributed by atoms with van der Waals surface area (Å²) < 4.78 is 2.37. The Hall–Kier alpha value is -9.70. The summed E-state index contributed by atoms with van der Waals surface area (Å²) in [6, 6.07) is 104. The quantitative estimate of drug-likeness (QED) is 0.134. The van der Waals surface area contributed by atoms with Crippen LogP contribution in [0.5, 0.6) is 0 Å². The SMILES string of the molecule is c1ccc(N(c2ccccc2)c2ccc(-c3ccc(N(c4ccc(-c5ccc6c(c5)c5ccccc5n6-c5ccccc5)cc4)c4ccc5c6ccccc6c6ccccc6c5c4)cc3)c3ccccc23)cc1. The average molecular weight is 930 g/mol. The molecule has 13 aromatic carbocycles. The van der Waals surface area contributed by atoms with Crippen molar-refractivity contribution in [1.82, 2.24) is 4.57 Å². The average Bonchev–Trinajstić information content (AvgIpc) is 3.81. The third kappa shape index (κ3) is 7.21. The smallest absolute Gasteiger partial charge is 0.0541 e. The van der Waals surface area contributed by atoms with Gasteiger partial charge in [0.05, 0.1) is 16.7 Å². The van der Waals surface area contributed by atoms with Gasteiger partial charge in [0, 0.05) is 50.3 Å². The molecule has 0 fully saturated rings. The molecule has 0 aliphatic heterocycles. The zero-order chi connectivity index (χ0) is 48.2. The number of fused-ring (bicyclic) bond motifs is 10. The van der Waals surface area contributed by atoms with Crippen molar-refractivity contribution >= 4 is 99.0 Å². The van der Waals surface area contributed by atoms with Crippen LogP contribution in [0, 0.1) is 0 Å². The highest BCUT2D eigenvalue weighted by molar-refractivity contribution is 6.26. The van der Waals surface area contributed by atoms with Crippen LogP contribution in [0.15, 0.2) is 285 Å². The number of nitrogens with zero attached hydrogens (tertiary/aromatic N) is 3. The molecule has 0 aliphatic carbocycles. The highest BCUT2D eigenvalue weighted by Gasteiger charge is 2.20. The number of anilines is 6. The summed E-state index contributed by atoms with van der Waals surface area (Å²) in [5.74, 6) is 0. The van der Waals surface area contributed by atoms with Crippen LogP contribution in [0.2, 0.25) is 0 Å². The summed E-state index contributed by atoms with van der Waals surface area (Å²) in [6.07, 6.45) is 0. The van der Waals surface area contributed by atoms with Gasteiger partial charge in [0.1, 0.15) is 0 Å². The first-order valence-corrected chi connectivity index (χ1v) is 25.1. The van der Waals surface area contributed by atoms with E-state index in [9.17, 15) is 0 Å². The van der Waals surface area contributed by atoms with Crippen molar-refractivity contribution in [3.05, 3.63) is 285 Å². The van der Waals surface area contributed by atoms with Gasteiger partial charge in [-0.05, 0) is 157 Å². The summed E-state index contributed by atoms with van der Waals surface area (Å²) in [5, 5.41) is 12.4. The molecule has 14 aromatic rings. The van der Waals surface area contributed by atoms with Crippen LogP contribution < -0.4 is 9.80 Å². The fourth-order valence-corrected chi connectivity index (χ4v) is 11.4. The van der Waals surface area contributed by atoms with Gasteiger partial charge < -0.3 is 14.4 Å². The summed E-state index contributed by atoms with van der Waals surface area (Å²) in [7, 11) is 0. The van der Waals surface area contributed by atoms with Crippen molar-refractivity contribution in [3.8, 4) is 27.9 Å². The van der Waals surface area contributed by atoms with Crippen LogP contribution in [-0.2, 0) is 0 Å². The lowest BCUT2D eigenvalue weighted by Crippen LogP contribution is -2.10. The third-order valence-electron chi connectivity index (χ3n) is 14.7. The third-order valence-corrected chi connectivity index (χ3v) is 14.7. The molecule has 73 heavy (non-hydrogen) atoms. The number of benzene rings is 13. The van der Waals surface area contributed by atoms with Crippen LogP contribution in [-0.4, -0.2) is 4.57 Å². The molecule has 0 saturated heterocycles. The summed E-state index contributed by atoms with van der Waals surface area (Å²) in [4.78, 5) is 4.77. The van der Waals surface area contributed by atoms with E-state index in [-0.39, 0.29) is 0 Å². The van der Waals surface area contributed by atoms with E-state index in [4.69, 9.17) is 0 Å². The molecule has 342 valence electrons. The minimum absolute atomic E-state index is 1.08. The van der Waals surface area contributed by atoms with E-state index in [0.29, 0.717) is 0 Å². The fraction of sp³-hybridized carbons (Fsp3) is 0. The Labute approximate surface area is 424 Å². The van der Waals surface area contributed by atoms with E-state index in [1.54, 1.807) is 0 Å². The maximum Gasteiger partial charge on any atom is 0.0541 e. The normalized spacial score (nSPS) is 11.6. The second kappa shape index (κ2) is 17.6. The Bertz CT molecular complexity index is 4280. The molecule has 14 rings (SSSR count). The Kier molecular flexibility index (Phi) is 10.2. The van der Waals surface area contributed by atoms with Gasteiger partial charge in [-0.25, -0.2) is 0 Å². The highest BCUT2D eigenvalue weighted by atomic mass is 15.1. The fourth-order valence-electron chi connectivity index (χ4n) is 11.4. The van der Waals surface area contributed by atoms with E-state index in [1.165, 1.54) is 81.6 Å². The predicted molar refractivity (Wildman–Crippen MR) is 311 cm³/mol. The monoisotopic (exact) mass is 929 g/mol. The van der Waals surface area contributed by atoms with Crippen LogP contribution in [0.4, 0.5) is 34.1 Å². The Morgan fingerprint density at radius 1 is 0.219 bits per heavy atom. The predicted octanol–water partition coefficient (Wildman–Crippen LogP) is 19.7. The largest absolute Gasteiger partial charge is 0.310 e. The highest BCUT2D eigenvalue weighted by Crippen LogP contribution is 2.45. The van der Waals surface area contributed by atoms with Crippen molar-refractivity contribution < 1.29 is 0 Å². The minimum atomic E-state index is 1.08. The second-order valence-corrected chi connectivity index (χ2v) is 18.9. The van der Waals surface area contributed by atoms with Crippen molar-refractivity contribution in [3.63, 3.8) is 0 Å². The van der Waals surface area contributed by atoms with Gasteiger partial charge in [0.25, 0.3) is 0 Å². The van der Waals surface area contributed by atoms with E-state index < -0.39 is 0 Å². The topological polar surface area (TPSA) is 11.4 Å². The molecule has 3 heteroatoms. The zero-order valence-electron chi connectivity index (χ0n) is 40.0. The summed E-state index contributed by atoms with van der Waals surface area (Å²) in [6.45, 7) is 0. The molecule has 1 heterocycles. The standard InChI is InChI=1S/C70H47N3/c1-4-18-51(19-5-1)72(52-20-6-2-7-21-52)69-45-43-57(58-24-14-15-29-64(58)69)49-34-39-55(40-35-49)71(56-41-42-63-61-27-11-10-25-59(61)60-26-12-13-28-62(60)66(63)47-56)54-37-32-48(33-38-54)50-36-44-70-67(46-50)65-30-16-17-31-68(65)73(70)53-22-8-3-9-23-53/h1-47H. The first-order valence-electron chi connectivity index (χ1n) is 25.1. The maximum atomic E-state index is 2.41. The van der Waals surface area contributed by atoms with Gasteiger partial charge in [-0.3, -0.25) is 0 Å². The van der Waals surface area contributed by atoms with Gasteiger partial charge in [0.15, 0.2) is 0 Å². The Morgan fingerprint density at radius 3 is 1.27 bits per heavy atom. The van der Waals surface area contributed by atoms with E-state index in [2.05, 4.69) is 299 Å². The van der Waals surface area contributed by atoms with Crippen LogP contribution in [0.3, 0.4) is 0 Å². The molecule has 0 N–H and O–H groups in total. The van der Waals surface area contributed by atoms with Crippen molar-refractivity contribution in [2.75, 3.05) is 9.80 Å². The van der Waals surface area contributed by atoms with Gasteiger partial charge in [-0.2, -0.15) is 0 Å². The molecule has 0 radical (unpaired) electrons. The van der Waals surface area contributed by atoms with Crippen LogP contribution in [0.25, 0.3) is 92.8 Å². The van der Waals surface area contributed by atoms with Gasteiger partial charge in [-0.1, -0.05) is 188 Å². The molecular weight excluding hydrogens is 883 g/mol. The second-order valence-electron chi connectivity index (χ2n) is 18.9. The zero-order valence-corrected chi connectivity index (χ0v) is 40.0. The molecular formula is C70H47N3. The van der Waals surface area contributed by atoms with Crippen molar-refractivity contribution in [2.45, 2.75) is 0 Å². The van der Waals surface area contributed by atoms with Crippen LogP contribution in [0.1, 0.15) is 0 Å². The first-order chi connectivity index (χ1) is 36.2. The molecule has 1 aromatic heterocycles. The summed E-state index contributed by atoms with van der Waals surface area (Å²) >= 11 is 0. The lowest BCUT2D eigenvalue weighted by Gasteiger charge is -2.28. The minimum Gasteiger partial charge on any atom is -0.310 e. The number of rotatable bonds is 9. The van der Waals surface area contributed by atoms with E-state index in [1.807, 2.05) is 0 Å². The number of aromatic nitrogens is 1. The van der Waals surface area contributed by atoms with E-state index in [0.717, 1.165) is 45.4 Å². The molecule has 0 atom stereocenters. The molecule has 0 aliphatic rings. The number of hydrogen-bond acceptors (Lipinski definition) is 2. The molecule has 0 bridgehead atoms. The van der Waals surface area contributed by atoms with Gasteiger partial charge in [0.2, 0.25) is 0 Å². The molecule has 0 unspecified atom stereocenters. The lowest BCUT2D eigenvalue weighted by molar-refractivity contribution is 1.18. The Morgan fingerprint density at radius 2 is 0.658 bits per heavy atom. The molecule has 0 amide bonds.